The molecule has 2 heterocycles. The average molecular weight is 329 g/mol. The van der Waals surface area contributed by atoms with E-state index >= 15 is 0 Å². The molecule has 0 bridgehead atoms. The Morgan fingerprint density at radius 1 is 1.12 bits per heavy atom. The van der Waals surface area contributed by atoms with E-state index in [1.165, 1.54) is 0 Å². The summed E-state index contributed by atoms with van der Waals surface area (Å²) in [5, 5.41) is 3.52. The van der Waals surface area contributed by atoms with E-state index in [4.69, 9.17) is 0 Å². The lowest BCUT2D eigenvalue weighted by atomic mass is 10.0. The Labute approximate surface area is 144 Å². The number of benzene rings is 1. The molecule has 0 unspecified atom stereocenters. The van der Waals surface area contributed by atoms with Crippen molar-refractivity contribution in [3.8, 4) is 0 Å². The van der Waals surface area contributed by atoms with Gasteiger partial charge in [-0.2, -0.15) is 0 Å². The molecule has 0 aromatic heterocycles. The standard InChI is InChI=1S/C19H27N3O2/c23-18-10-4-5-12-21(18)14-11-19(24)22-13-6-9-17(15-22)20-16-7-2-1-3-8-16/h1-3,7-8,17,20H,4-6,9-15H2/t17-/m1/s1. The van der Waals surface area contributed by atoms with Crippen LogP contribution in [-0.2, 0) is 9.59 Å². The minimum atomic E-state index is 0.174. The molecule has 2 aliphatic heterocycles. The first-order chi connectivity index (χ1) is 11.7. The molecule has 2 fully saturated rings. The molecule has 2 amide bonds. The van der Waals surface area contributed by atoms with Crippen LogP contribution in [0.2, 0.25) is 0 Å². The summed E-state index contributed by atoms with van der Waals surface area (Å²) in [5.41, 5.74) is 1.11. The van der Waals surface area contributed by atoms with Crippen molar-refractivity contribution in [1.29, 1.82) is 0 Å². The minimum absolute atomic E-state index is 0.174. The van der Waals surface area contributed by atoms with E-state index in [1.54, 1.807) is 0 Å². The molecule has 1 aromatic carbocycles. The molecule has 5 nitrogen and oxygen atoms in total. The number of carbonyl (C=O) groups is 2. The maximum absolute atomic E-state index is 12.5. The van der Waals surface area contributed by atoms with Crippen LogP contribution in [0.5, 0.6) is 0 Å². The van der Waals surface area contributed by atoms with Crippen LogP contribution in [0.15, 0.2) is 30.3 Å². The number of nitrogens with zero attached hydrogens (tertiary/aromatic N) is 2. The summed E-state index contributed by atoms with van der Waals surface area (Å²) >= 11 is 0. The predicted molar refractivity (Wildman–Crippen MR) is 94.7 cm³/mol. The van der Waals surface area contributed by atoms with Crippen LogP contribution in [0.1, 0.15) is 38.5 Å². The van der Waals surface area contributed by atoms with Crippen LogP contribution in [-0.4, -0.2) is 53.8 Å². The number of carbonyl (C=O) groups excluding carboxylic acids is 2. The van der Waals surface area contributed by atoms with Crippen molar-refractivity contribution >= 4 is 17.5 Å². The second-order valence-corrected chi connectivity index (χ2v) is 6.78. The summed E-state index contributed by atoms with van der Waals surface area (Å²) in [4.78, 5) is 28.1. The van der Waals surface area contributed by atoms with Gasteiger partial charge in [-0.1, -0.05) is 18.2 Å². The van der Waals surface area contributed by atoms with Gasteiger partial charge in [-0.3, -0.25) is 9.59 Å². The number of anilines is 1. The van der Waals surface area contributed by atoms with Crippen LogP contribution in [0.25, 0.3) is 0 Å². The lowest BCUT2D eigenvalue weighted by molar-refractivity contribution is -0.136. The predicted octanol–water partition coefficient (Wildman–Crippen LogP) is 2.49. The smallest absolute Gasteiger partial charge is 0.224 e. The first kappa shape index (κ1) is 16.8. The fourth-order valence-electron chi connectivity index (χ4n) is 3.58. The van der Waals surface area contributed by atoms with E-state index in [2.05, 4.69) is 17.4 Å². The van der Waals surface area contributed by atoms with E-state index < -0.39 is 0 Å². The van der Waals surface area contributed by atoms with E-state index in [-0.39, 0.29) is 11.8 Å². The van der Waals surface area contributed by atoms with Gasteiger partial charge in [0.1, 0.15) is 0 Å². The third-order valence-electron chi connectivity index (χ3n) is 4.94. The molecule has 2 saturated heterocycles. The molecule has 5 heteroatoms. The third kappa shape index (κ3) is 4.49. The number of rotatable bonds is 5. The molecule has 0 aliphatic carbocycles. The first-order valence-corrected chi connectivity index (χ1v) is 9.09. The largest absolute Gasteiger partial charge is 0.381 e. The van der Waals surface area contributed by atoms with E-state index in [1.807, 2.05) is 28.0 Å². The van der Waals surface area contributed by atoms with E-state index in [9.17, 15) is 9.59 Å². The normalized spacial score (nSPS) is 21.7. The molecule has 130 valence electrons. The fourth-order valence-corrected chi connectivity index (χ4v) is 3.58. The molecule has 1 atom stereocenters. The molecule has 1 aromatic rings. The fraction of sp³-hybridized carbons (Fsp3) is 0.579. The number of nitrogens with one attached hydrogen (secondary N) is 1. The van der Waals surface area contributed by atoms with Gasteiger partial charge in [0.05, 0.1) is 0 Å². The second kappa shape index (κ2) is 8.18. The maximum atomic E-state index is 12.5. The Hall–Kier alpha value is -2.04. The molecular weight excluding hydrogens is 302 g/mol. The molecule has 0 spiro atoms. The van der Waals surface area contributed by atoms with Crippen molar-refractivity contribution < 1.29 is 9.59 Å². The highest BCUT2D eigenvalue weighted by Gasteiger charge is 2.25. The summed E-state index contributed by atoms with van der Waals surface area (Å²) in [6, 6.07) is 10.5. The quantitative estimate of drug-likeness (QED) is 0.903. The Bertz CT molecular complexity index is 561. The molecular formula is C19H27N3O2. The zero-order valence-corrected chi connectivity index (χ0v) is 14.2. The van der Waals surface area contributed by atoms with Gasteiger partial charge in [0.2, 0.25) is 11.8 Å². The molecule has 3 rings (SSSR count). The molecule has 0 saturated carbocycles. The maximum Gasteiger partial charge on any atom is 0.224 e. The average Bonchev–Trinajstić information content (AvgIpc) is 2.62. The summed E-state index contributed by atoms with van der Waals surface area (Å²) in [6.07, 6.45) is 5.25. The van der Waals surface area contributed by atoms with Gasteiger partial charge in [-0.25, -0.2) is 0 Å². The van der Waals surface area contributed by atoms with Crippen molar-refractivity contribution in [1.82, 2.24) is 9.80 Å². The van der Waals surface area contributed by atoms with Crippen LogP contribution in [0.3, 0.4) is 0 Å². The van der Waals surface area contributed by atoms with Crippen LogP contribution in [0.4, 0.5) is 5.69 Å². The zero-order chi connectivity index (χ0) is 16.8. The number of piperidine rings is 2. The van der Waals surface area contributed by atoms with E-state index in [0.717, 1.165) is 51.0 Å². The summed E-state index contributed by atoms with van der Waals surface area (Å²) in [6.45, 7) is 2.97. The van der Waals surface area contributed by atoms with Gasteiger partial charge in [0, 0.05) is 50.7 Å². The highest BCUT2D eigenvalue weighted by Crippen LogP contribution is 2.17. The van der Waals surface area contributed by atoms with Gasteiger partial charge in [-0.15, -0.1) is 0 Å². The number of para-hydroxylation sites is 1. The summed E-state index contributed by atoms with van der Waals surface area (Å²) < 4.78 is 0. The van der Waals surface area contributed by atoms with Crippen LogP contribution in [0, 0.1) is 0 Å². The van der Waals surface area contributed by atoms with Gasteiger partial charge in [0.15, 0.2) is 0 Å². The van der Waals surface area contributed by atoms with Crippen molar-refractivity contribution in [3.63, 3.8) is 0 Å². The van der Waals surface area contributed by atoms with Gasteiger partial charge in [-0.05, 0) is 37.8 Å². The van der Waals surface area contributed by atoms with Gasteiger partial charge < -0.3 is 15.1 Å². The molecule has 2 aliphatic rings. The topological polar surface area (TPSA) is 52.7 Å². The van der Waals surface area contributed by atoms with Crippen LogP contribution >= 0.6 is 0 Å². The van der Waals surface area contributed by atoms with Crippen molar-refractivity contribution in [2.45, 2.75) is 44.6 Å². The lowest BCUT2D eigenvalue weighted by Crippen LogP contribution is -2.46. The van der Waals surface area contributed by atoms with Gasteiger partial charge >= 0.3 is 0 Å². The Morgan fingerprint density at radius 2 is 1.96 bits per heavy atom. The van der Waals surface area contributed by atoms with Crippen molar-refractivity contribution in [2.75, 3.05) is 31.5 Å². The Balaban J connectivity index is 1.47. The summed E-state index contributed by atoms with van der Waals surface area (Å²) in [7, 11) is 0. The Kier molecular flexibility index (Phi) is 5.72. The zero-order valence-electron chi connectivity index (χ0n) is 14.2. The lowest BCUT2D eigenvalue weighted by Gasteiger charge is -2.34. The van der Waals surface area contributed by atoms with E-state index in [0.29, 0.717) is 25.4 Å². The highest BCUT2D eigenvalue weighted by atomic mass is 16.2. The Morgan fingerprint density at radius 3 is 2.75 bits per heavy atom. The number of amides is 2. The van der Waals surface area contributed by atoms with Crippen molar-refractivity contribution in [2.24, 2.45) is 0 Å². The van der Waals surface area contributed by atoms with Crippen molar-refractivity contribution in [3.05, 3.63) is 30.3 Å². The third-order valence-corrected chi connectivity index (χ3v) is 4.94. The first-order valence-electron chi connectivity index (χ1n) is 9.09. The number of hydrogen-bond acceptors (Lipinski definition) is 3. The number of hydrogen-bond donors (Lipinski definition) is 1. The minimum Gasteiger partial charge on any atom is -0.381 e. The van der Waals surface area contributed by atoms with Gasteiger partial charge in [0.25, 0.3) is 0 Å². The SMILES string of the molecule is O=C1CCCCN1CCC(=O)N1CCC[C@@H](Nc2ccccc2)C1. The highest BCUT2D eigenvalue weighted by molar-refractivity contribution is 5.79. The number of likely N-dealkylation sites (tertiary alicyclic amines) is 2. The summed E-state index contributed by atoms with van der Waals surface area (Å²) in [5.74, 6) is 0.379. The van der Waals surface area contributed by atoms with Crippen LogP contribution < -0.4 is 5.32 Å². The monoisotopic (exact) mass is 329 g/mol. The second-order valence-electron chi connectivity index (χ2n) is 6.78. The molecule has 1 N–H and O–H groups in total. The molecule has 0 radical (unpaired) electrons. The molecule has 24 heavy (non-hydrogen) atoms.